The summed E-state index contributed by atoms with van der Waals surface area (Å²) in [7, 11) is 1.47. The second kappa shape index (κ2) is 10.6. The van der Waals surface area contributed by atoms with E-state index >= 15 is 0 Å². The van der Waals surface area contributed by atoms with E-state index < -0.39 is 11.6 Å². The van der Waals surface area contributed by atoms with Crippen molar-refractivity contribution in [3.63, 3.8) is 0 Å². The first-order valence-corrected chi connectivity index (χ1v) is 9.07. The van der Waals surface area contributed by atoms with E-state index in [4.69, 9.17) is 14.2 Å². The largest absolute Gasteiger partial charge is 0.501 e. The fourth-order valence-corrected chi connectivity index (χ4v) is 2.77. The van der Waals surface area contributed by atoms with Crippen molar-refractivity contribution in [1.29, 1.82) is 0 Å². The van der Waals surface area contributed by atoms with E-state index in [0.29, 0.717) is 28.2 Å². The van der Waals surface area contributed by atoms with Crippen LogP contribution in [0.5, 0.6) is 11.5 Å². The van der Waals surface area contributed by atoms with Crippen molar-refractivity contribution in [2.75, 3.05) is 7.11 Å². The molecule has 0 amide bonds. The quantitative estimate of drug-likeness (QED) is 0.320. The number of ether oxygens (including phenoxy) is 4. The molecular formula is C24H18F2O5. The van der Waals surface area contributed by atoms with Crippen molar-refractivity contribution in [3.8, 4) is 33.8 Å². The van der Waals surface area contributed by atoms with Gasteiger partial charge in [0.1, 0.15) is 48.2 Å². The molecule has 0 aliphatic carbocycles. The van der Waals surface area contributed by atoms with Gasteiger partial charge >= 0.3 is 0 Å². The summed E-state index contributed by atoms with van der Waals surface area (Å²) < 4.78 is 48.8. The summed E-state index contributed by atoms with van der Waals surface area (Å²) in [5.41, 5.74) is 1.64. The Bertz CT molecular complexity index is 1090. The zero-order valence-electron chi connectivity index (χ0n) is 16.5. The van der Waals surface area contributed by atoms with E-state index in [0.717, 1.165) is 6.26 Å². The lowest BCUT2D eigenvalue weighted by Gasteiger charge is -2.09. The Morgan fingerprint density at radius 3 is 1.94 bits per heavy atom. The summed E-state index contributed by atoms with van der Waals surface area (Å²) in [5.74, 6) is -0.255. The second-order valence-electron chi connectivity index (χ2n) is 6.11. The summed E-state index contributed by atoms with van der Waals surface area (Å²) >= 11 is 0. The van der Waals surface area contributed by atoms with Crippen LogP contribution in [-0.2, 0) is 14.3 Å². The van der Waals surface area contributed by atoms with Crippen LogP contribution in [0.4, 0.5) is 8.78 Å². The van der Waals surface area contributed by atoms with Crippen molar-refractivity contribution in [3.05, 3.63) is 97.3 Å². The Labute approximate surface area is 177 Å². The SMILES string of the molecule is CO/C=C\Oc1ccc(-c2ccc(-c3ccc(O/C=C\OC=O)cc3)c(F)c2)c(F)c1. The van der Waals surface area contributed by atoms with Crippen molar-refractivity contribution in [2.45, 2.75) is 0 Å². The molecule has 7 heteroatoms. The summed E-state index contributed by atoms with van der Waals surface area (Å²) in [4.78, 5) is 10.0. The summed E-state index contributed by atoms with van der Waals surface area (Å²) in [6.07, 6.45) is 4.90. The van der Waals surface area contributed by atoms with Gasteiger partial charge in [0.2, 0.25) is 0 Å². The molecule has 0 fully saturated rings. The molecule has 0 aromatic heterocycles. The molecule has 0 bridgehead atoms. The van der Waals surface area contributed by atoms with Gasteiger partial charge in [0.05, 0.1) is 7.11 Å². The molecule has 3 aromatic rings. The normalized spacial score (nSPS) is 10.9. The van der Waals surface area contributed by atoms with Crippen LogP contribution in [0, 0.1) is 11.6 Å². The van der Waals surface area contributed by atoms with Gasteiger partial charge in [-0.15, -0.1) is 0 Å². The number of hydrogen-bond acceptors (Lipinski definition) is 5. The summed E-state index contributed by atoms with van der Waals surface area (Å²) in [6.45, 7) is 0.268. The van der Waals surface area contributed by atoms with Gasteiger partial charge in [-0.05, 0) is 41.5 Å². The Balaban J connectivity index is 1.77. The smallest absolute Gasteiger partial charge is 0.298 e. The number of rotatable bonds is 9. The van der Waals surface area contributed by atoms with Crippen molar-refractivity contribution in [1.82, 2.24) is 0 Å². The van der Waals surface area contributed by atoms with Crippen molar-refractivity contribution < 1.29 is 32.5 Å². The topological polar surface area (TPSA) is 54.0 Å². The highest BCUT2D eigenvalue weighted by Crippen LogP contribution is 2.31. The van der Waals surface area contributed by atoms with Crippen LogP contribution in [0.15, 0.2) is 85.7 Å². The minimum Gasteiger partial charge on any atom is -0.501 e. The zero-order valence-corrected chi connectivity index (χ0v) is 16.5. The summed E-state index contributed by atoms with van der Waals surface area (Å²) in [5, 5.41) is 0. The molecule has 0 saturated heterocycles. The number of benzene rings is 3. The van der Waals surface area contributed by atoms with E-state index in [1.54, 1.807) is 42.5 Å². The van der Waals surface area contributed by atoms with E-state index in [1.807, 2.05) is 0 Å². The molecule has 0 aliphatic rings. The molecule has 0 radical (unpaired) electrons. The van der Waals surface area contributed by atoms with E-state index in [1.165, 1.54) is 44.1 Å². The maximum atomic E-state index is 14.8. The van der Waals surface area contributed by atoms with Crippen LogP contribution in [0.25, 0.3) is 22.3 Å². The lowest BCUT2D eigenvalue weighted by atomic mass is 9.99. The molecule has 0 spiro atoms. The maximum absolute atomic E-state index is 14.8. The summed E-state index contributed by atoms with van der Waals surface area (Å²) in [6, 6.07) is 15.5. The van der Waals surface area contributed by atoms with Gasteiger partial charge in [-0.2, -0.15) is 0 Å². The molecule has 0 aliphatic heterocycles. The number of methoxy groups -OCH3 is 1. The average Bonchev–Trinajstić information content (AvgIpc) is 2.78. The number of carbonyl (C=O) groups is 1. The third kappa shape index (κ3) is 5.70. The van der Waals surface area contributed by atoms with Gasteiger partial charge in [0, 0.05) is 17.2 Å². The Morgan fingerprint density at radius 2 is 1.26 bits per heavy atom. The Hall–Kier alpha value is -4.13. The maximum Gasteiger partial charge on any atom is 0.298 e. The van der Waals surface area contributed by atoms with Crippen LogP contribution in [0.1, 0.15) is 0 Å². The fraction of sp³-hybridized carbons (Fsp3) is 0.0417. The third-order valence-electron chi connectivity index (χ3n) is 4.18. The number of hydrogen-bond donors (Lipinski definition) is 0. The molecule has 0 atom stereocenters. The van der Waals surface area contributed by atoms with Crippen LogP contribution < -0.4 is 9.47 Å². The van der Waals surface area contributed by atoms with Gasteiger partial charge in [-0.1, -0.05) is 24.3 Å². The third-order valence-corrected chi connectivity index (χ3v) is 4.18. The van der Waals surface area contributed by atoms with Gasteiger partial charge in [-0.3, -0.25) is 4.79 Å². The van der Waals surface area contributed by atoms with Crippen LogP contribution in [0.2, 0.25) is 0 Å². The molecule has 0 saturated carbocycles. The molecule has 3 aromatic carbocycles. The predicted octanol–water partition coefficient (Wildman–Crippen LogP) is 5.82. The molecular weight excluding hydrogens is 406 g/mol. The molecule has 158 valence electrons. The van der Waals surface area contributed by atoms with Gasteiger partial charge in [0.25, 0.3) is 6.47 Å². The van der Waals surface area contributed by atoms with Gasteiger partial charge in [-0.25, -0.2) is 8.78 Å². The van der Waals surface area contributed by atoms with Crippen LogP contribution >= 0.6 is 0 Å². The average molecular weight is 424 g/mol. The molecule has 0 N–H and O–H groups in total. The first kappa shape index (κ1) is 21.6. The zero-order chi connectivity index (χ0) is 22.1. The number of halogens is 2. The molecule has 0 unspecified atom stereocenters. The van der Waals surface area contributed by atoms with Crippen molar-refractivity contribution in [2.24, 2.45) is 0 Å². The standard InChI is InChI=1S/C24H18F2O5/c1-28-10-12-31-20-7-9-22(24(26)15-20)18-4-8-21(23(25)14-18)17-2-5-19(6-3-17)30-13-11-29-16-27/h2-16H,1H3/b12-10-,13-11-. The fourth-order valence-electron chi connectivity index (χ4n) is 2.77. The van der Waals surface area contributed by atoms with Crippen LogP contribution in [0.3, 0.4) is 0 Å². The Kier molecular flexibility index (Phi) is 7.37. The van der Waals surface area contributed by atoms with Crippen LogP contribution in [-0.4, -0.2) is 13.6 Å². The van der Waals surface area contributed by atoms with Gasteiger partial charge in [0.15, 0.2) is 0 Å². The number of carbonyl (C=O) groups excluding carboxylic acids is 1. The van der Waals surface area contributed by atoms with E-state index in [9.17, 15) is 13.6 Å². The lowest BCUT2D eigenvalue weighted by molar-refractivity contribution is -0.123. The van der Waals surface area contributed by atoms with E-state index in [2.05, 4.69) is 4.74 Å². The lowest BCUT2D eigenvalue weighted by Crippen LogP contribution is -1.91. The highest BCUT2D eigenvalue weighted by atomic mass is 19.1. The predicted molar refractivity (Wildman–Crippen MR) is 111 cm³/mol. The molecule has 3 rings (SSSR count). The van der Waals surface area contributed by atoms with Gasteiger partial charge < -0.3 is 18.9 Å². The van der Waals surface area contributed by atoms with E-state index in [-0.39, 0.29) is 12.0 Å². The molecule has 31 heavy (non-hydrogen) atoms. The highest BCUT2D eigenvalue weighted by molar-refractivity contribution is 5.72. The minimum absolute atomic E-state index is 0.251. The van der Waals surface area contributed by atoms with Crippen molar-refractivity contribution >= 4 is 6.47 Å². The molecule has 0 heterocycles. The Morgan fingerprint density at radius 1 is 0.677 bits per heavy atom. The second-order valence-corrected chi connectivity index (χ2v) is 6.11. The molecule has 5 nitrogen and oxygen atoms in total. The first-order valence-electron chi connectivity index (χ1n) is 9.07. The monoisotopic (exact) mass is 424 g/mol. The minimum atomic E-state index is -0.538. The highest BCUT2D eigenvalue weighted by Gasteiger charge is 2.11. The first-order chi connectivity index (χ1) is 15.1.